The second kappa shape index (κ2) is 5.69. The van der Waals surface area contributed by atoms with Crippen molar-refractivity contribution >= 4 is 23.2 Å². The van der Waals surface area contributed by atoms with E-state index in [4.69, 9.17) is 23.2 Å². The highest BCUT2D eigenvalue weighted by Crippen LogP contribution is 2.26. The molecule has 2 aromatic rings. The molecule has 0 aliphatic carbocycles. The summed E-state index contributed by atoms with van der Waals surface area (Å²) in [5.74, 6) is 0.875. The predicted octanol–water partition coefficient (Wildman–Crippen LogP) is 2.97. The molecule has 6 heteroatoms. The molecular weight excluding hydrogens is 271 g/mol. The molecule has 1 heterocycles. The van der Waals surface area contributed by atoms with E-state index in [1.807, 2.05) is 24.6 Å². The summed E-state index contributed by atoms with van der Waals surface area (Å²) in [6.07, 6.45) is 1.67. The fourth-order valence-electron chi connectivity index (χ4n) is 1.67. The third kappa shape index (κ3) is 3.02. The normalized spacial score (nSPS) is 12.7. The Kier molecular flexibility index (Phi) is 4.22. The minimum atomic E-state index is 0.0906. The number of aryl methyl sites for hydroxylation is 1. The van der Waals surface area contributed by atoms with Crippen LogP contribution in [0.1, 0.15) is 24.4 Å². The van der Waals surface area contributed by atoms with Gasteiger partial charge in [0.15, 0.2) is 0 Å². The van der Waals surface area contributed by atoms with Crippen molar-refractivity contribution in [2.45, 2.75) is 19.5 Å². The maximum absolute atomic E-state index is 6.15. The molecule has 2 rings (SSSR count). The minimum absolute atomic E-state index is 0.0906. The summed E-state index contributed by atoms with van der Waals surface area (Å²) in [4.78, 5) is 0. The topological polar surface area (TPSA) is 42.7 Å². The van der Waals surface area contributed by atoms with Crippen molar-refractivity contribution in [1.82, 2.24) is 20.1 Å². The monoisotopic (exact) mass is 284 g/mol. The van der Waals surface area contributed by atoms with Crippen LogP contribution >= 0.6 is 23.2 Å². The van der Waals surface area contributed by atoms with Crippen molar-refractivity contribution in [1.29, 1.82) is 0 Å². The number of rotatable bonds is 4. The van der Waals surface area contributed by atoms with Gasteiger partial charge in [-0.3, -0.25) is 0 Å². The van der Waals surface area contributed by atoms with E-state index in [2.05, 4.69) is 15.5 Å². The van der Waals surface area contributed by atoms with Gasteiger partial charge in [-0.15, -0.1) is 10.2 Å². The summed E-state index contributed by atoms with van der Waals surface area (Å²) in [6.45, 7) is 2.66. The van der Waals surface area contributed by atoms with Crippen molar-refractivity contribution in [3.05, 3.63) is 46.0 Å². The number of benzene rings is 1. The van der Waals surface area contributed by atoms with Gasteiger partial charge in [0, 0.05) is 23.1 Å². The number of nitrogens with zero attached hydrogens (tertiary/aromatic N) is 3. The maximum Gasteiger partial charge on any atom is 0.146 e. The zero-order valence-electron chi connectivity index (χ0n) is 10.2. The Morgan fingerprint density at radius 3 is 2.83 bits per heavy atom. The van der Waals surface area contributed by atoms with Crippen LogP contribution in [0.2, 0.25) is 10.0 Å². The zero-order valence-corrected chi connectivity index (χ0v) is 11.7. The predicted molar refractivity (Wildman–Crippen MR) is 72.7 cm³/mol. The second-order valence-electron chi connectivity index (χ2n) is 4.13. The van der Waals surface area contributed by atoms with Gasteiger partial charge in [-0.1, -0.05) is 23.2 Å². The van der Waals surface area contributed by atoms with Crippen molar-refractivity contribution < 1.29 is 0 Å². The van der Waals surface area contributed by atoms with Crippen LogP contribution in [0.5, 0.6) is 0 Å². The zero-order chi connectivity index (χ0) is 13.1. The fourth-order valence-corrected chi connectivity index (χ4v) is 2.13. The lowest BCUT2D eigenvalue weighted by Gasteiger charge is -2.15. The highest BCUT2D eigenvalue weighted by molar-refractivity contribution is 6.33. The molecule has 0 saturated heterocycles. The van der Waals surface area contributed by atoms with Gasteiger partial charge in [-0.05, 0) is 30.7 Å². The van der Waals surface area contributed by atoms with Gasteiger partial charge in [0.05, 0.1) is 6.54 Å². The fraction of sp³-hybridized carbons (Fsp3) is 0.333. The Hall–Kier alpha value is -1.10. The van der Waals surface area contributed by atoms with Crippen molar-refractivity contribution in [2.24, 2.45) is 7.05 Å². The van der Waals surface area contributed by atoms with Gasteiger partial charge in [0.2, 0.25) is 0 Å². The van der Waals surface area contributed by atoms with Gasteiger partial charge in [-0.2, -0.15) is 0 Å². The van der Waals surface area contributed by atoms with Gasteiger partial charge >= 0.3 is 0 Å². The van der Waals surface area contributed by atoms with Gasteiger partial charge < -0.3 is 9.88 Å². The first-order valence-corrected chi connectivity index (χ1v) is 6.34. The van der Waals surface area contributed by atoms with Crippen LogP contribution in [0.3, 0.4) is 0 Å². The number of hydrogen-bond acceptors (Lipinski definition) is 3. The molecule has 0 fully saturated rings. The molecule has 0 spiro atoms. The molecule has 0 bridgehead atoms. The molecule has 1 N–H and O–H groups in total. The number of hydrogen-bond donors (Lipinski definition) is 1. The van der Waals surface area contributed by atoms with Crippen LogP contribution in [-0.2, 0) is 13.6 Å². The third-order valence-corrected chi connectivity index (χ3v) is 3.38. The number of aromatic nitrogens is 3. The molecule has 0 amide bonds. The minimum Gasteiger partial charge on any atom is -0.320 e. The van der Waals surface area contributed by atoms with E-state index in [0.29, 0.717) is 16.6 Å². The van der Waals surface area contributed by atoms with E-state index in [1.165, 1.54) is 0 Å². The van der Waals surface area contributed by atoms with E-state index in [0.717, 1.165) is 11.4 Å². The first-order valence-electron chi connectivity index (χ1n) is 5.59. The summed E-state index contributed by atoms with van der Waals surface area (Å²) < 4.78 is 1.87. The van der Waals surface area contributed by atoms with Crippen molar-refractivity contribution in [2.75, 3.05) is 0 Å². The van der Waals surface area contributed by atoms with Crippen molar-refractivity contribution in [3.8, 4) is 0 Å². The van der Waals surface area contributed by atoms with Gasteiger partial charge in [0.25, 0.3) is 0 Å². The lowest BCUT2D eigenvalue weighted by Crippen LogP contribution is -2.20. The van der Waals surface area contributed by atoms with Crippen LogP contribution in [0, 0.1) is 0 Å². The molecule has 18 heavy (non-hydrogen) atoms. The Balaban J connectivity index is 2.06. The molecule has 96 valence electrons. The SMILES string of the molecule is CC(NCc1nncn1C)c1cc(Cl)ccc1Cl. The first kappa shape index (κ1) is 13.3. The van der Waals surface area contributed by atoms with E-state index in [9.17, 15) is 0 Å². The maximum atomic E-state index is 6.15. The van der Waals surface area contributed by atoms with Crippen LogP contribution < -0.4 is 5.32 Å². The molecule has 0 saturated carbocycles. The summed E-state index contributed by atoms with van der Waals surface area (Å²) in [5, 5.41) is 12.6. The summed E-state index contributed by atoms with van der Waals surface area (Å²) in [6, 6.07) is 5.55. The highest BCUT2D eigenvalue weighted by atomic mass is 35.5. The number of nitrogens with one attached hydrogen (secondary N) is 1. The van der Waals surface area contributed by atoms with E-state index in [1.54, 1.807) is 18.5 Å². The third-order valence-electron chi connectivity index (χ3n) is 2.80. The quantitative estimate of drug-likeness (QED) is 0.939. The summed E-state index contributed by atoms with van der Waals surface area (Å²) in [5.41, 5.74) is 0.978. The van der Waals surface area contributed by atoms with E-state index >= 15 is 0 Å². The van der Waals surface area contributed by atoms with Crippen LogP contribution in [0.15, 0.2) is 24.5 Å². The average Bonchev–Trinajstić information content (AvgIpc) is 2.75. The van der Waals surface area contributed by atoms with Crippen LogP contribution in [0.4, 0.5) is 0 Å². The Bertz CT molecular complexity index is 539. The molecule has 0 aliphatic heterocycles. The number of halogens is 2. The molecule has 4 nitrogen and oxygen atoms in total. The Labute approximate surface area is 116 Å². The van der Waals surface area contributed by atoms with Gasteiger partial charge in [-0.25, -0.2) is 0 Å². The average molecular weight is 285 g/mol. The molecule has 0 radical (unpaired) electrons. The molecule has 1 atom stereocenters. The molecule has 0 aliphatic rings. The first-order chi connectivity index (χ1) is 8.58. The molecule has 1 aromatic heterocycles. The van der Waals surface area contributed by atoms with Crippen LogP contribution in [-0.4, -0.2) is 14.8 Å². The Morgan fingerprint density at radius 2 is 2.17 bits per heavy atom. The molecule has 1 unspecified atom stereocenters. The molecular formula is C12H14Cl2N4. The highest BCUT2D eigenvalue weighted by Gasteiger charge is 2.11. The standard InChI is InChI=1S/C12H14Cl2N4/c1-8(10-5-9(13)3-4-11(10)14)15-6-12-17-16-7-18(12)2/h3-5,7-8,15H,6H2,1-2H3. The van der Waals surface area contributed by atoms with Gasteiger partial charge in [0.1, 0.15) is 12.2 Å². The summed E-state index contributed by atoms with van der Waals surface area (Å²) in [7, 11) is 1.91. The Morgan fingerprint density at radius 1 is 1.39 bits per heavy atom. The second-order valence-corrected chi connectivity index (χ2v) is 4.97. The molecule has 1 aromatic carbocycles. The van der Waals surface area contributed by atoms with Crippen LogP contribution in [0.25, 0.3) is 0 Å². The smallest absolute Gasteiger partial charge is 0.146 e. The largest absolute Gasteiger partial charge is 0.320 e. The van der Waals surface area contributed by atoms with E-state index < -0.39 is 0 Å². The van der Waals surface area contributed by atoms with Crippen molar-refractivity contribution in [3.63, 3.8) is 0 Å². The lowest BCUT2D eigenvalue weighted by molar-refractivity contribution is 0.548. The lowest BCUT2D eigenvalue weighted by atomic mass is 10.1. The summed E-state index contributed by atoms with van der Waals surface area (Å²) >= 11 is 12.1. The van der Waals surface area contributed by atoms with E-state index in [-0.39, 0.29) is 6.04 Å².